The molecule has 0 radical (unpaired) electrons. The highest BCUT2D eigenvalue weighted by molar-refractivity contribution is 5.91. The largest absolute Gasteiger partial charge is 0.493 e. The summed E-state index contributed by atoms with van der Waals surface area (Å²) in [5, 5.41) is 3.39. The van der Waals surface area contributed by atoms with Crippen LogP contribution in [0.1, 0.15) is 12.0 Å². The molecule has 3 aromatic rings. The summed E-state index contributed by atoms with van der Waals surface area (Å²) < 4.78 is 23.7. The van der Waals surface area contributed by atoms with E-state index in [0.717, 1.165) is 5.39 Å². The third kappa shape index (κ3) is 4.25. The number of hydrogen-bond acceptors (Lipinski definition) is 4. The number of carbonyl (C=O) groups excluding carboxylic acids is 1. The Labute approximate surface area is 154 Å². The summed E-state index contributed by atoms with van der Waals surface area (Å²) in [6.07, 6.45) is 0.346. The molecule has 2 aromatic carbocycles. The number of nitrogens with one attached hydrogen (secondary N) is 2. The number of carbonyl (C=O) groups is 1. The van der Waals surface area contributed by atoms with Crippen LogP contribution < -0.4 is 20.3 Å². The van der Waals surface area contributed by atoms with Gasteiger partial charge in [-0.2, -0.15) is 0 Å². The molecule has 3 rings (SSSR count). The molecule has 0 saturated heterocycles. The number of aromatic amines is 1. The Balaban J connectivity index is 1.77. The summed E-state index contributed by atoms with van der Waals surface area (Å²) in [4.78, 5) is 27.2. The van der Waals surface area contributed by atoms with Gasteiger partial charge >= 0.3 is 0 Å². The van der Waals surface area contributed by atoms with Gasteiger partial charge in [0, 0.05) is 29.1 Å². The van der Waals surface area contributed by atoms with Crippen LogP contribution in [0.5, 0.6) is 11.5 Å². The van der Waals surface area contributed by atoms with Crippen molar-refractivity contribution in [1.82, 2.24) is 4.98 Å². The number of methoxy groups -OCH3 is 2. The van der Waals surface area contributed by atoms with E-state index in [1.165, 1.54) is 32.4 Å². The van der Waals surface area contributed by atoms with Gasteiger partial charge in [-0.15, -0.1) is 0 Å². The first-order chi connectivity index (χ1) is 13.0. The van der Waals surface area contributed by atoms with Crippen molar-refractivity contribution in [3.63, 3.8) is 0 Å². The second-order valence-electron chi connectivity index (χ2n) is 5.98. The van der Waals surface area contributed by atoms with Gasteiger partial charge in [0.05, 0.1) is 19.7 Å². The van der Waals surface area contributed by atoms with Gasteiger partial charge < -0.3 is 19.8 Å². The van der Waals surface area contributed by atoms with Crippen molar-refractivity contribution in [2.45, 2.75) is 12.8 Å². The Hall–Kier alpha value is -3.35. The molecule has 0 fully saturated rings. The van der Waals surface area contributed by atoms with Gasteiger partial charge in [0.15, 0.2) is 11.5 Å². The molecule has 140 valence electrons. The van der Waals surface area contributed by atoms with E-state index in [9.17, 15) is 14.0 Å². The minimum Gasteiger partial charge on any atom is -0.493 e. The number of rotatable bonds is 6. The SMILES string of the molecule is COc1cc2cc(CCC(=O)Nc3cccc(F)c3)c(=O)[nH]c2cc1OC. The van der Waals surface area contributed by atoms with Gasteiger partial charge in [-0.25, -0.2) is 4.39 Å². The molecule has 1 aromatic heterocycles. The molecule has 0 spiro atoms. The molecule has 2 N–H and O–H groups in total. The van der Waals surface area contributed by atoms with Gasteiger partial charge in [-0.1, -0.05) is 6.07 Å². The number of ether oxygens (including phenoxy) is 2. The van der Waals surface area contributed by atoms with E-state index in [4.69, 9.17) is 9.47 Å². The maximum absolute atomic E-state index is 13.2. The Morgan fingerprint density at radius 3 is 2.56 bits per heavy atom. The average Bonchev–Trinajstić information content (AvgIpc) is 2.65. The summed E-state index contributed by atoms with van der Waals surface area (Å²) in [6, 6.07) is 10.8. The molecule has 0 unspecified atom stereocenters. The van der Waals surface area contributed by atoms with Gasteiger partial charge in [-0.05, 0) is 36.8 Å². The van der Waals surface area contributed by atoms with Crippen molar-refractivity contribution in [3.8, 4) is 11.5 Å². The van der Waals surface area contributed by atoms with E-state index < -0.39 is 5.82 Å². The maximum atomic E-state index is 13.2. The van der Waals surface area contributed by atoms with E-state index in [-0.39, 0.29) is 24.3 Å². The first kappa shape index (κ1) is 18.4. The lowest BCUT2D eigenvalue weighted by atomic mass is 10.1. The van der Waals surface area contributed by atoms with Crippen molar-refractivity contribution in [1.29, 1.82) is 0 Å². The van der Waals surface area contributed by atoms with Gasteiger partial charge in [0.25, 0.3) is 5.56 Å². The van der Waals surface area contributed by atoms with Crippen LogP contribution in [0.15, 0.2) is 47.3 Å². The second-order valence-corrected chi connectivity index (χ2v) is 5.98. The number of fused-ring (bicyclic) bond motifs is 1. The molecular weight excluding hydrogens is 351 g/mol. The Kier molecular flexibility index (Phi) is 5.40. The molecule has 0 aliphatic heterocycles. The lowest BCUT2D eigenvalue weighted by molar-refractivity contribution is -0.116. The summed E-state index contributed by atoms with van der Waals surface area (Å²) in [6.45, 7) is 0. The van der Waals surface area contributed by atoms with Crippen molar-refractivity contribution >= 4 is 22.5 Å². The third-order valence-electron chi connectivity index (χ3n) is 4.16. The van der Waals surface area contributed by atoms with Gasteiger partial charge in [0.1, 0.15) is 5.82 Å². The first-order valence-corrected chi connectivity index (χ1v) is 8.33. The lowest BCUT2D eigenvalue weighted by Gasteiger charge is -2.10. The quantitative estimate of drug-likeness (QED) is 0.698. The van der Waals surface area contributed by atoms with E-state index in [0.29, 0.717) is 28.3 Å². The number of H-pyrrole nitrogens is 1. The van der Waals surface area contributed by atoms with E-state index in [1.807, 2.05) is 0 Å². The highest BCUT2D eigenvalue weighted by Crippen LogP contribution is 2.31. The van der Waals surface area contributed by atoms with Crippen LogP contribution in [0, 0.1) is 5.82 Å². The fourth-order valence-electron chi connectivity index (χ4n) is 2.80. The standard InChI is InChI=1S/C20H19FN2O4/c1-26-17-9-13-8-12(20(25)23-16(13)11-18(17)27-2)6-7-19(24)22-15-5-3-4-14(21)10-15/h3-5,8-11H,6-7H2,1-2H3,(H,22,24)(H,23,25). The molecule has 27 heavy (non-hydrogen) atoms. The monoisotopic (exact) mass is 370 g/mol. The summed E-state index contributed by atoms with van der Waals surface area (Å²) in [5.41, 5.74) is 1.20. The normalized spacial score (nSPS) is 10.6. The molecule has 0 saturated carbocycles. The summed E-state index contributed by atoms with van der Waals surface area (Å²) in [5.74, 6) is 0.338. The molecule has 0 atom stereocenters. The average molecular weight is 370 g/mol. The van der Waals surface area contributed by atoms with E-state index >= 15 is 0 Å². The number of anilines is 1. The van der Waals surface area contributed by atoms with Crippen molar-refractivity contribution in [2.75, 3.05) is 19.5 Å². The Bertz CT molecular complexity index is 1050. The van der Waals surface area contributed by atoms with E-state index in [1.54, 1.807) is 24.3 Å². The Morgan fingerprint density at radius 2 is 1.85 bits per heavy atom. The molecule has 1 heterocycles. The third-order valence-corrected chi connectivity index (χ3v) is 4.16. The van der Waals surface area contributed by atoms with Crippen LogP contribution in [0.25, 0.3) is 10.9 Å². The van der Waals surface area contributed by atoms with Crippen LogP contribution in [0.3, 0.4) is 0 Å². The fourth-order valence-corrected chi connectivity index (χ4v) is 2.80. The minimum absolute atomic E-state index is 0.0956. The highest BCUT2D eigenvalue weighted by Gasteiger charge is 2.11. The minimum atomic E-state index is -0.428. The number of hydrogen-bond donors (Lipinski definition) is 2. The molecule has 6 nitrogen and oxygen atoms in total. The van der Waals surface area contributed by atoms with Gasteiger partial charge in [-0.3, -0.25) is 9.59 Å². The van der Waals surface area contributed by atoms with Crippen LogP contribution >= 0.6 is 0 Å². The summed E-state index contributed by atoms with van der Waals surface area (Å²) in [7, 11) is 3.06. The number of benzene rings is 2. The smallest absolute Gasteiger partial charge is 0.251 e. The zero-order valence-electron chi connectivity index (χ0n) is 15.0. The number of amides is 1. The molecule has 0 aliphatic rings. The molecule has 7 heteroatoms. The highest BCUT2D eigenvalue weighted by atomic mass is 19.1. The van der Waals surface area contributed by atoms with E-state index in [2.05, 4.69) is 10.3 Å². The molecule has 0 bridgehead atoms. The maximum Gasteiger partial charge on any atom is 0.251 e. The predicted molar refractivity (Wildman–Crippen MR) is 101 cm³/mol. The zero-order valence-corrected chi connectivity index (χ0v) is 15.0. The number of aryl methyl sites for hydroxylation is 1. The zero-order chi connectivity index (χ0) is 19.4. The van der Waals surface area contributed by atoms with Crippen molar-refractivity contribution in [3.05, 3.63) is 64.2 Å². The molecular formula is C20H19FN2O4. The first-order valence-electron chi connectivity index (χ1n) is 8.33. The number of halogens is 1. The molecule has 0 aliphatic carbocycles. The topological polar surface area (TPSA) is 80.4 Å². The predicted octanol–water partition coefficient (Wildman–Crippen LogP) is 3.26. The van der Waals surface area contributed by atoms with Crippen LogP contribution in [-0.4, -0.2) is 25.1 Å². The molecule has 1 amide bonds. The lowest BCUT2D eigenvalue weighted by Crippen LogP contribution is -2.17. The van der Waals surface area contributed by atoms with Crippen LogP contribution in [-0.2, 0) is 11.2 Å². The number of aromatic nitrogens is 1. The summed E-state index contributed by atoms with van der Waals surface area (Å²) >= 11 is 0. The van der Waals surface area contributed by atoms with Crippen molar-refractivity contribution < 1.29 is 18.7 Å². The fraction of sp³-hybridized carbons (Fsp3) is 0.200. The number of pyridine rings is 1. The second kappa shape index (κ2) is 7.90. The van der Waals surface area contributed by atoms with Crippen molar-refractivity contribution in [2.24, 2.45) is 0 Å². The Morgan fingerprint density at radius 1 is 1.11 bits per heavy atom. The van der Waals surface area contributed by atoms with Crippen LogP contribution in [0.4, 0.5) is 10.1 Å². The van der Waals surface area contributed by atoms with Crippen LogP contribution in [0.2, 0.25) is 0 Å². The van der Waals surface area contributed by atoms with Gasteiger partial charge in [0.2, 0.25) is 5.91 Å².